The highest BCUT2D eigenvalue weighted by Gasteiger charge is 2.35. The van der Waals surface area contributed by atoms with Crippen molar-refractivity contribution in [1.82, 2.24) is 4.90 Å². The van der Waals surface area contributed by atoms with E-state index in [1.165, 1.54) is 4.90 Å². The summed E-state index contributed by atoms with van der Waals surface area (Å²) < 4.78 is 17.8. The van der Waals surface area contributed by atoms with Crippen molar-refractivity contribution < 1.29 is 28.6 Å². The molecule has 0 aliphatic carbocycles. The minimum atomic E-state index is -0.523. The number of esters is 1. The third kappa shape index (κ3) is 6.47. The molecule has 0 atom stereocenters. The molecule has 7 nitrogen and oxygen atoms in total. The van der Waals surface area contributed by atoms with Crippen LogP contribution in [0.5, 0.6) is 17.2 Å². The van der Waals surface area contributed by atoms with Crippen molar-refractivity contribution in [3.05, 3.63) is 105 Å². The molecule has 9 heteroatoms. The Morgan fingerprint density at radius 2 is 1.76 bits per heavy atom. The summed E-state index contributed by atoms with van der Waals surface area (Å²) in [6, 6.07) is 24.0. The zero-order valence-corrected chi connectivity index (χ0v) is 24.8. The number of hydrogen-bond donors (Lipinski definition) is 0. The Kier molecular flexibility index (Phi) is 8.75. The van der Waals surface area contributed by atoms with Gasteiger partial charge in [0.2, 0.25) is 0 Å². The van der Waals surface area contributed by atoms with Crippen LogP contribution in [-0.2, 0) is 4.79 Å². The van der Waals surface area contributed by atoms with Crippen molar-refractivity contribution in [2.45, 2.75) is 13.8 Å². The number of hydrogen-bond acceptors (Lipinski definition) is 7. The molecule has 41 heavy (non-hydrogen) atoms. The Morgan fingerprint density at radius 3 is 2.56 bits per heavy atom. The highest BCUT2D eigenvalue weighted by molar-refractivity contribution is 9.10. The normalized spacial score (nSPS) is 14.1. The van der Waals surface area contributed by atoms with Gasteiger partial charge in [-0.15, -0.1) is 0 Å². The molecule has 1 heterocycles. The Bertz CT molecular complexity index is 1680. The number of aryl methyl sites for hydroxylation is 1. The first-order valence-electron chi connectivity index (χ1n) is 12.9. The van der Waals surface area contributed by atoms with E-state index >= 15 is 0 Å². The largest absolute Gasteiger partial charge is 0.492 e. The van der Waals surface area contributed by atoms with Crippen molar-refractivity contribution >= 4 is 61.7 Å². The predicted octanol–water partition coefficient (Wildman–Crippen LogP) is 7.64. The molecule has 0 saturated carbocycles. The molecular weight excluding hydrogens is 606 g/mol. The Hall–Kier alpha value is -4.08. The summed E-state index contributed by atoms with van der Waals surface area (Å²) in [5.74, 6) is 0.316. The number of carbonyl (C=O) groups excluding carboxylic acids is 3. The standard InChI is InChI=1S/C32H26BrNO6S/c1-3-38-27-18-21(17-26(33)29(27)40-31(36)25-13-7-10-22-9-4-5-12-24(22)25)19-28-30(35)34(32(37)41-28)14-15-39-23-11-6-8-20(2)16-23/h4-13,16-19H,3,14-15H2,1-2H3/b28-19-. The van der Waals surface area contributed by atoms with Crippen LogP contribution in [0.2, 0.25) is 0 Å². The zero-order valence-electron chi connectivity index (χ0n) is 22.4. The van der Waals surface area contributed by atoms with Gasteiger partial charge >= 0.3 is 5.97 Å². The van der Waals surface area contributed by atoms with Crippen LogP contribution in [0.15, 0.2) is 88.2 Å². The second-order valence-electron chi connectivity index (χ2n) is 9.18. The van der Waals surface area contributed by atoms with Crippen LogP contribution in [0, 0.1) is 6.92 Å². The van der Waals surface area contributed by atoms with Crippen molar-refractivity contribution in [3.8, 4) is 17.2 Å². The molecule has 2 amide bonds. The molecule has 0 N–H and O–H groups in total. The van der Waals surface area contributed by atoms with Gasteiger partial charge in [-0.05, 0) is 99.8 Å². The molecule has 1 saturated heterocycles. The molecule has 1 aliphatic rings. The molecule has 4 aromatic rings. The quantitative estimate of drug-likeness (QED) is 0.107. The maximum Gasteiger partial charge on any atom is 0.344 e. The molecule has 1 aliphatic heterocycles. The average molecular weight is 633 g/mol. The summed E-state index contributed by atoms with van der Waals surface area (Å²) in [5.41, 5.74) is 2.09. The Balaban J connectivity index is 1.33. The monoisotopic (exact) mass is 631 g/mol. The maximum atomic E-state index is 13.2. The van der Waals surface area contributed by atoms with Gasteiger partial charge in [-0.25, -0.2) is 4.79 Å². The third-order valence-corrected chi connectivity index (χ3v) is 7.78. The second-order valence-corrected chi connectivity index (χ2v) is 11.0. The van der Waals surface area contributed by atoms with Crippen molar-refractivity contribution in [2.75, 3.05) is 19.8 Å². The fourth-order valence-corrected chi connectivity index (χ4v) is 5.79. The molecule has 0 spiro atoms. The van der Waals surface area contributed by atoms with Crippen molar-refractivity contribution in [3.63, 3.8) is 0 Å². The van der Waals surface area contributed by atoms with E-state index in [1.807, 2.05) is 74.5 Å². The van der Waals surface area contributed by atoms with Gasteiger partial charge in [0.15, 0.2) is 11.5 Å². The molecule has 0 aromatic heterocycles. The lowest BCUT2D eigenvalue weighted by Gasteiger charge is -2.15. The third-order valence-electron chi connectivity index (χ3n) is 6.28. The minimum Gasteiger partial charge on any atom is -0.492 e. The minimum absolute atomic E-state index is 0.132. The van der Waals surface area contributed by atoms with Crippen LogP contribution in [0.4, 0.5) is 4.79 Å². The smallest absolute Gasteiger partial charge is 0.344 e. The lowest BCUT2D eigenvalue weighted by atomic mass is 10.0. The number of ether oxygens (including phenoxy) is 3. The summed E-state index contributed by atoms with van der Waals surface area (Å²) in [7, 11) is 0. The number of benzene rings is 4. The van der Waals surface area contributed by atoms with Crippen molar-refractivity contribution in [2.24, 2.45) is 0 Å². The van der Waals surface area contributed by atoms with Crippen LogP contribution < -0.4 is 14.2 Å². The summed E-state index contributed by atoms with van der Waals surface area (Å²) in [6.07, 6.45) is 1.62. The number of nitrogens with zero attached hydrogens (tertiary/aromatic N) is 1. The number of imide groups is 1. The Labute approximate surface area is 250 Å². The zero-order chi connectivity index (χ0) is 28.9. The topological polar surface area (TPSA) is 82.1 Å². The molecule has 1 fully saturated rings. The van der Waals surface area contributed by atoms with Gasteiger partial charge in [-0.1, -0.05) is 48.5 Å². The lowest BCUT2D eigenvalue weighted by molar-refractivity contribution is -0.123. The van der Waals surface area contributed by atoms with E-state index in [1.54, 1.807) is 24.3 Å². The highest BCUT2D eigenvalue weighted by Crippen LogP contribution is 2.40. The van der Waals surface area contributed by atoms with Gasteiger partial charge in [0.25, 0.3) is 11.1 Å². The molecule has 0 unspecified atom stereocenters. The number of carbonyl (C=O) groups is 3. The van der Waals surface area contributed by atoms with E-state index < -0.39 is 11.9 Å². The summed E-state index contributed by atoms with van der Waals surface area (Å²) >= 11 is 4.36. The first-order chi connectivity index (χ1) is 19.8. The van der Waals surface area contributed by atoms with Gasteiger partial charge < -0.3 is 14.2 Å². The highest BCUT2D eigenvalue weighted by atomic mass is 79.9. The number of halogens is 1. The number of fused-ring (bicyclic) bond motifs is 1. The second kappa shape index (κ2) is 12.6. The lowest BCUT2D eigenvalue weighted by Crippen LogP contribution is -2.32. The van der Waals surface area contributed by atoms with E-state index in [2.05, 4.69) is 15.9 Å². The SMILES string of the molecule is CCOc1cc(/C=C2\SC(=O)N(CCOc3cccc(C)c3)C2=O)cc(Br)c1OC(=O)c1cccc2ccccc12. The van der Waals surface area contributed by atoms with Crippen LogP contribution in [-0.4, -0.2) is 41.8 Å². The molecule has 4 aromatic carbocycles. The number of rotatable bonds is 9. The van der Waals surface area contributed by atoms with Gasteiger partial charge in [0.05, 0.1) is 28.1 Å². The van der Waals surface area contributed by atoms with Gasteiger partial charge in [0, 0.05) is 0 Å². The van der Waals surface area contributed by atoms with Crippen LogP contribution in [0.3, 0.4) is 0 Å². The number of thioether (sulfide) groups is 1. The van der Waals surface area contributed by atoms with Crippen LogP contribution in [0.1, 0.15) is 28.4 Å². The molecular formula is C32H26BrNO6S. The fraction of sp³-hybridized carbons (Fsp3) is 0.156. The van der Waals surface area contributed by atoms with Crippen LogP contribution in [0.25, 0.3) is 16.8 Å². The fourth-order valence-electron chi connectivity index (χ4n) is 4.39. The van der Waals surface area contributed by atoms with E-state index in [9.17, 15) is 14.4 Å². The van der Waals surface area contributed by atoms with Crippen molar-refractivity contribution in [1.29, 1.82) is 0 Å². The molecule has 0 radical (unpaired) electrons. The van der Waals surface area contributed by atoms with E-state index in [0.29, 0.717) is 33.7 Å². The maximum absolute atomic E-state index is 13.2. The summed E-state index contributed by atoms with van der Waals surface area (Å²) in [4.78, 5) is 40.3. The molecule has 0 bridgehead atoms. The first kappa shape index (κ1) is 28.4. The summed E-state index contributed by atoms with van der Waals surface area (Å²) in [5, 5.41) is 1.35. The Morgan fingerprint density at radius 1 is 0.976 bits per heavy atom. The van der Waals surface area contributed by atoms with E-state index in [0.717, 1.165) is 28.1 Å². The average Bonchev–Trinajstić information content (AvgIpc) is 3.22. The van der Waals surface area contributed by atoms with Gasteiger partial charge in [-0.3, -0.25) is 14.5 Å². The number of amides is 2. The van der Waals surface area contributed by atoms with E-state index in [-0.39, 0.29) is 29.0 Å². The van der Waals surface area contributed by atoms with E-state index in [4.69, 9.17) is 14.2 Å². The van der Waals surface area contributed by atoms with Gasteiger partial charge in [-0.2, -0.15) is 0 Å². The first-order valence-corrected chi connectivity index (χ1v) is 14.6. The molecule has 5 rings (SSSR count). The predicted molar refractivity (Wildman–Crippen MR) is 164 cm³/mol. The molecule has 208 valence electrons. The summed E-state index contributed by atoms with van der Waals surface area (Å²) in [6.45, 7) is 4.43. The van der Waals surface area contributed by atoms with Gasteiger partial charge in [0.1, 0.15) is 12.4 Å². The van der Waals surface area contributed by atoms with Crippen LogP contribution >= 0.6 is 27.7 Å².